The summed E-state index contributed by atoms with van der Waals surface area (Å²) in [6.45, 7) is 4.99. The van der Waals surface area contributed by atoms with Gasteiger partial charge in [-0.15, -0.1) is 0 Å². The zero-order valence-electron chi connectivity index (χ0n) is 12.4. The summed E-state index contributed by atoms with van der Waals surface area (Å²) in [5.41, 5.74) is -0.646. The number of fused-ring (bicyclic) bond motifs is 1. The van der Waals surface area contributed by atoms with E-state index in [1.54, 1.807) is 20.8 Å². The summed E-state index contributed by atoms with van der Waals surface area (Å²) in [7, 11) is 0. The molecule has 0 aliphatic rings. The molecule has 1 aromatic carbocycles. The lowest BCUT2D eigenvalue weighted by molar-refractivity contribution is -0.171. The number of carboxylic acid groups (broad SMARTS) is 1. The average molecular weight is 313 g/mol. The van der Waals surface area contributed by atoms with E-state index in [4.69, 9.17) is 4.74 Å². The Balaban J connectivity index is 2.48. The first kappa shape index (κ1) is 16.4. The molecule has 1 heterocycles. The Labute approximate surface area is 125 Å². The minimum Gasteiger partial charge on any atom is -0.477 e. The fourth-order valence-corrected chi connectivity index (χ4v) is 2.23. The third-order valence-corrected chi connectivity index (χ3v) is 2.99. The molecule has 2 rings (SSSR count). The van der Waals surface area contributed by atoms with Gasteiger partial charge in [-0.05, 0) is 32.9 Å². The molecule has 0 fully saturated rings. The summed E-state index contributed by atoms with van der Waals surface area (Å²) < 4.78 is 33.2. The van der Waals surface area contributed by atoms with Crippen molar-refractivity contribution in [3.63, 3.8) is 0 Å². The summed E-state index contributed by atoms with van der Waals surface area (Å²) in [6, 6.07) is 3.05. The second kappa shape index (κ2) is 5.66. The Kier molecular flexibility index (Phi) is 4.21. The molecule has 2 N–H and O–H groups in total. The van der Waals surface area contributed by atoms with Crippen LogP contribution in [0.4, 0.5) is 8.78 Å². The largest absolute Gasteiger partial charge is 0.477 e. The van der Waals surface area contributed by atoms with Crippen molar-refractivity contribution in [2.75, 3.05) is 0 Å². The van der Waals surface area contributed by atoms with Crippen LogP contribution < -0.4 is 0 Å². The van der Waals surface area contributed by atoms with E-state index in [9.17, 15) is 23.8 Å². The van der Waals surface area contributed by atoms with E-state index in [0.29, 0.717) is 0 Å². The van der Waals surface area contributed by atoms with Gasteiger partial charge in [0.1, 0.15) is 5.69 Å². The molecule has 7 heteroatoms. The summed E-state index contributed by atoms with van der Waals surface area (Å²) in [4.78, 5) is 11.3. The number of ether oxygens (including phenoxy) is 1. The molecule has 1 aromatic heterocycles. The standard InChI is InChI=1S/C15H17F2NO4/c1-15(2,3)22-13(19)7-18-11-6-10(17)9(16)4-8(11)5-12(18)14(20)21/h4-6,13,19H,7H2,1-3H3,(H,20,21)/t13-/m0/s1. The van der Waals surface area contributed by atoms with Crippen LogP contribution in [0.3, 0.4) is 0 Å². The number of nitrogens with zero attached hydrogens (tertiary/aromatic N) is 1. The van der Waals surface area contributed by atoms with Crippen LogP contribution in [0.5, 0.6) is 0 Å². The summed E-state index contributed by atoms with van der Waals surface area (Å²) in [6.07, 6.45) is -1.29. The molecule has 1 atom stereocenters. The normalized spacial score (nSPS) is 13.5. The first-order chi connectivity index (χ1) is 10.1. The van der Waals surface area contributed by atoms with Crippen molar-refractivity contribution >= 4 is 16.9 Å². The van der Waals surface area contributed by atoms with Gasteiger partial charge < -0.3 is 19.5 Å². The molecule has 0 aliphatic heterocycles. The number of aliphatic hydroxyl groups is 1. The molecule has 0 saturated heterocycles. The fraction of sp³-hybridized carbons (Fsp3) is 0.400. The summed E-state index contributed by atoms with van der Waals surface area (Å²) >= 11 is 0. The predicted octanol–water partition coefficient (Wildman–Crippen LogP) is 2.75. The van der Waals surface area contributed by atoms with Gasteiger partial charge in [-0.2, -0.15) is 0 Å². The zero-order chi connectivity index (χ0) is 16.7. The summed E-state index contributed by atoms with van der Waals surface area (Å²) in [5, 5.41) is 19.4. The lowest BCUT2D eigenvalue weighted by atomic mass is 10.2. The van der Waals surface area contributed by atoms with Gasteiger partial charge in [-0.3, -0.25) is 0 Å². The minimum absolute atomic E-state index is 0.174. The molecular weight excluding hydrogens is 296 g/mol. The molecule has 0 unspecified atom stereocenters. The monoisotopic (exact) mass is 313 g/mol. The molecule has 2 aromatic rings. The molecule has 22 heavy (non-hydrogen) atoms. The van der Waals surface area contributed by atoms with E-state index in [0.717, 1.165) is 12.1 Å². The van der Waals surface area contributed by atoms with E-state index >= 15 is 0 Å². The molecule has 0 saturated carbocycles. The van der Waals surface area contributed by atoms with E-state index in [1.807, 2.05) is 0 Å². The molecule has 0 spiro atoms. The average Bonchev–Trinajstić information content (AvgIpc) is 2.66. The minimum atomic E-state index is -1.29. The SMILES string of the molecule is CC(C)(C)O[C@H](O)Cn1c(C(=O)O)cc2cc(F)c(F)cc21. The number of carboxylic acids is 1. The van der Waals surface area contributed by atoms with Gasteiger partial charge in [-0.25, -0.2) is 13.6 Å². The second-order valence-electron chi connectivity index (χ2n) is 5.96. The van der Waals surface area contributed by atoms with Gasteiger partial charge in [-0.1, -0.05) is 0 Å². The highest BCUT2D eigenvalue weighted by molar-refractivity contribution is 5.94. The van der Waals surface area contributed by atoms with Gasteiger partial charge in [0.2, 0.25) is 0 Å². The lowest BCUT2D eigenvalue weighted by Gasteiger charge is -2.24. The molecule has 120 valence electrons. The number of benzene rings is 1. The molecular formula is C15H17F2NO4. The van der Waals surface area contributed by atoms with Crippen molar-refractivity contribution in [1.82, 2.24) is 4.57 Å². The maximum atomic E-state index is 13.4. The van der Waals surface area contributed by atoms with Crippen LogP contribution in [0.25, 0.3) is 10.9 Å². The molecule has 0 radical (unpaired) electrons. The Morgan fingerprint density at radius 1 is 1.27 bits per heavy atom. The van der Waals surface area contributed by atoms with Crippen LogP contribution in [0, 0.1) is 11.6 Å². The maximum Gasteiger partial charge on any atom is 0.352 e. The van der Waals surface area contributed by atoms with E-state index in [1.165, 1.54) is 10.6 Å². The number of rotatable bonds is 4. The fourth-order valence-electron chi connectivity index (χ4n) is 2.23. The Hall–Kier alpha value is -1.99. The number of halogens is 2. The van der Waals surface area contributed by atoms with Crippen LogP contribution in [-0.4, -0.2) is 32.6 Å². The van der Waals surface area contributed by atoms with Crippen LogP contribution in [0.2, 0.25) is 0 Å². The Morgan fingerprint density at radius 2 is 1.86 bits per heavy atom. The molecule has 5 nitrogen and oxygen atoms in total. The quantitative estimate of drug-likeness (QED) is 0.851. The van der Waals surface area contributed by atoms with Crippen LogP contribution in [0.15, 0.2) is 18.2 Å². The van der Waals surface area contributed by atoms with Crippen molar-refractivity contribution in [2.24, 2.45) is 0 Å². The summed E-state index contributed by atoms with van der Waals surface area (Å²) in [5.74, 6) is -3.41. The predicted molar refractivity (Wildman–Crippen MR) is 75.7 cm³/mol. The molecule has 0 amide bonds. The molecule has 0 aliphatic carbocycles. The van der Waals surface area contributed by atoms with E-state index < -0.39 is 29.5 Å². The Morgan fingerprint density at radius 3 is 2.41 bits per heavy atom. The highest BCUT2D eigenvalue weighted by atomic mass is 19.2. The van der Waals surface area contributed by atoms with Gasteiger partial charge in [0, 0.05) is 11.5 Å². The highest BCUT2D eigenvalue weighted by Gasteiger charge is 2.22. The van der Waals surface area contributed by atoms with E-state index in [2.05, 4.69) is 0 Å². The lowest BCUT2D eigenvalue weighted by Crippen LogP contribution is -2.31. The third-order valence-electron chi connectivity index (χ3n) is 2.99. The first-order valence-corrected chi connectivity index (χ1v) is 6.66. The van der Waals surface area contributed by atoms with Crippen LogP contribution in [-0.2, 0) is 11.3 Å². The zero-order valence-corrected chi connectivity index (χ0v) is 12.4. The topological polar surface area (TPSA) is 71.7 Å². The number of hydrogen-bond acceptors (Lipinski definition) is 3. The van der Waals surface area contributed by atoms with Crippen molar-refractivity contribution in [3.05, 3.63) is 35.5 Å². The number of aromatic nitrogens is 1. The van der Waals surface area contributed by atoms with Gasteiger partial charge >= 0.3 is 5.97 Å². The van der Waals surface area contributed by atoms with Crippen molar-refractivity contribution in [2.45, 2.75) is 39.2 Å². The van der Waals surface area contributed by atoms with Gasteiger partial charge in [0.25, 0.3) is 0 Å². The van der Waals surface area contributed by atoms with Gasteiger partial charge in [0.05, 0.1) is 17.7 Å². The van der Waals surface area contributed by atoms with E-state index in [-0.39, 0.29) is 23.1 Å². The second-order valence-corrected chi connectivity index (χ2v) is 5.96. The van der Waals surface area contributed by atoms with Crippen molar-refractivity contribution in [1.29, 1.82) is 0 Å². The molecule has 0 bridgehead atoms. The number of aliphatic hydroxyl groups excluding tert-OH is 1. The van der Waals surface area contributed by atoms with Gasteiger partial charge in [0.15, 0.2) is 17.9 Å². The first-order valence-electron chi connectivity index (χ1n) is 6.66. The smallest absolute Gasteiger partial charge is 0.352 e. The number of hydrogen-bond donors (Lipinski definition) is 2. The van der Waals surface area contributed by atoms with Crippen LogP contribution >= 0.6 is 0 Å². The number of aromatic carboxylic acids is 1. The van der Waals surface area contributed by atoms with Crippen LogP contribution in [0.1, 0.15) is 31.3 Å². The third kappa shape index (κ3) is 3.42. The Bertz CT molecular complexity index is 718. The maximum absolute atomic E-state index is 13.4. The van der Waals surface area contributed by atoms with Crippen molar-refractivity contribution < 1.29 is 28.5 Å². The highest BCUT2D eigenvalue weighted by Crippen LogP contribution is 2.24. The number of carbonyl (C=O) groups is 1. The van der Waals surface area contributed by atoms with Crippen molar-refractivity contribution in [3.8, 4) is 0 Å².